The van der Waals surface area contributed by atoms with Crippen LogP contribution in [0.4, 0.5) is 0 Å². The van der Waals surface area contributed by atoms with Crippen molar-refractivity contribution in [1.29, 1.82) is 0 Å². The van der Waals surface area contributed by atoms with Crippen LogP contribution in [-0.2, 0) is 4.79 Å². The number of aliphatic carboxylic acids is 1. The summed E-state index contributed by atoms with van der Waals surface area (Å²) in [6.07, 6.45) is 15.6. The van der Waals surface area contributed by atoms with Gasteiger partial charge in [-0.05, 0) is 90.5 Å². The van der Waals surface area contributed by atoms with E-state index in [0.717, 1.165) is 49.8 Å². The van der Waals surface area contributed by atoms with E-state index in [1.807, 2.05) is 19.1 Å². The average Bonchev–Trinajstić information content (AvgIpc) is 2.73. The highest BCUT2D eigenvalue weighted by atomic mass is 16.5. The summed E-state index contributed by atoms with van der Waals surface area (Å²) in [5, 5.41) is 18.0. The topological polar surface area (TPSA) is 83.8 Å². The van der Waals surface area contributed by atoms with Gasteiger partial charge in [0.1, 0.15) is 11.4 Å². The van der Waals surface area contributed by atoms with Crippen molar-refractivity contribution < 1.29 is 24.5 Å². The maximum Gasteiger partial charge on any atom is 0.335 e. The molecule has 1 unspecified atom stereocenters. The van der Waals surface area contributed by atoms with E-state index in [2.05, 4.69) is 26.0 Å². The summed E-state index contributed by atoms with van der Waals surface area (Å²) in [5.41, 5.74) is 3.67. The molecule has 1 heterocycles. The molecule has 1 aromatic rings. The maximum atomic E-state index is 11.1. The van der Waals surface area contributed by atoms with E-state index in [-0.39, 0.29) is 5.56 Å². The molecule has 0 amide bonds. The van der Waals surface area contributed by atoms with Crippen LogP contribution in [0, 0.1) is 0 Å². The van der Waals surface area contributed by atoms with E-state index >= 15 is 0 Å². The number of hydrogen-bond donors (Lipinski definition) is 2. The molecule has 0 aliphatic carbocycles. The monoisotopic (exact) mass is 438 g/mol. The first-order valence-corrected chi connectivity index (χ1v) is 11.1. The number of carbonyl (C=O) groups is 2. The van der Waals surface area contributed by atoms with Gasteiger partial charge in [-0.1, -0.05) is 35.5 Å². The maximum absolute atomic E-state index is 11.1. The molecule has 2 N–H and O–H groups in total. The summed E-state index contributed by atoms with van der Waals surface area (Å²) in [6, 6.07) is 4.94. The first kappa shape index (κ1) is 25.2. The van der Waals surface area contributed by atoms with Gasteiger partial charge in [-0.15, -0.1) is 0 Å². The molecule has 0 aromatic heterocycles. The Morgan fingerprint density at radius 2 is 1.59 bits per heavy atom. The van der Waals surface area contributed by atoms with Crippen LogP contribution in [0.1, 0.15) is 82.1 Å². The lowest BCUT2D eigenvalue weighted by Crippen LogP contribution is -2.31. The largest absolute Gasteiger partial charge is 0.483 e. The van der Waals surface area contributed by atoms with Gasteiger partial charge < -0.3 is 14.9 Å². The zero-order valence-electron chi connectivity index (χ0n) is 19.5. The molecule has 5 nitrogen and oxygen atoms in total. The van der Waals surface area contributed by atoms with E-state index in [0.29, 0.717) is 5.57 Å². The minimum absolute atomic E-state index is 0.260. The molecular formula is C27H34O5. The molecule has 0 spiro atoms. The predicted octanol–water partition coefficient (Wildman–Crippen LogP) is 6.81. The molecular weight excluding hydrogens is 404 g/mol. The molecule has 5 heteroatoms. The van der Waals surface area contributed by atoms with Crippen molar-refractivity contribution >= 4 is 18.0 Å². The minimum atomic E-state index is -0.940. The van der Waals surface area contributed by atoms with Crippen molar-refractivity contribution in [2.75, 3.05) is 0 Å². The van der Waals surface area contributed by atoms with Crippen LogP contribution in [0.15, 0.2) is 59.2 Å². The quantitative estimate of drug-likeness (QED) is 0.293. The van der Waals surface area contributed by atoms with Crippen LogP contribution < -0.4 is 4.74 Å². The van der Waals surface area contributed by atoms with Gasteiger partial charge in [0.25, 0.3) is 0 Å². The van der Waals surface area contributed by atoms with E-state index in [4.69, 9.17) is 14.9 Å². The van der Waals surface area contributed by atoms with Crippen LogP contribution in [0.5, 0.6) is 5.75 Å². The SMILES string of the molecule is C/C(=C\CC/C(C)=C/CCC1(C)C=Cc2cc(C(=O)O)ccc2O1)CC/C=C(\C)C(=O)O. The fraction of sp³-hybridized carbons (Fsp3) is 0.407. The lowest BCUT2D eigenvalue weighted by molar-refractivity contribution is -0.132. The van der Waals surface area contributed by atoms with Gasteiger partial charge in [0.15, 0.2) is 0 Å². The Labute approximate surface area is 190 Å². The number of hydrogen-bond acceptors (Lipinski definition) is 3. The van der Waals surface area contributed by atoms with Gasteiger partial charge >= 0.3 is 11.9 Å². The molecule has 1 aliphatic rings. The minimum Gasteiger partial charge on any atom is -0.483 e. The van der Waals surface area contributed by atoms with Crippen molar-refractivity contribution in [3.63, 3.8) is 0 Å². The molecule has 172 valence electrons. The van der Waals surface area contributed by atoms with E-state index < -0.39 is 17.5 Å². The van der Waals surface area contributed by atoms with Crippen molar-refractivity contribution in [3.8, 4) is 5.75 Å². The van der Waals surface area contributed by atoms with Gasteiger partial charge in [-0.2, -0.15) is 0 Å². The van der Waals surface area contributed by atoms with E-state index in [1.165, 1.54) is 11.1 Å². The van der Waals surface area contributed by atoms with Crippen LogP contribution in [0.3, 0.4) is 0 Å². The molecule has 1 atom stereocenters. The predicted molar refractivity (Wildman–Crippen MR) is 128 cm³/mol. The van der Waals surface area contributed by atoms with Gasteiger partial charge in [0.2, 0.25) is 0 Å². The van der Waals surface area contributed by atoms with Crippen LogP contribution in [-0.4, -0.2) is 27.8 Å². The third-order valence-electron chi connectivity index (χ3n) is 5.71. The number of carboxylic acids is 2. The van der Waals surface area contributed by atoms with Gasteiger partial charge in [0.05, 0.1) is 5.56 Å². The van der Waals surface area contributed by atoms with Gasteiger partial charge in [0, 0.05) is 11.1 Å². The fourth-order valence-electron chi connectivity index (χ4n) is 3.55. The number of ether oxygens (including phenoxy) is 1. The Morgan fingerprint density at radius 1 is 0.969 bits per heavy atom. The molecule has 0 fully saturated rings. The van der Waals surface area contributed by atoms with Crippen LogP contribution in [0.25, 0.3) is 6.08 Å². The fourth-order valence-corrected chi connectivity index (χ4v) is 3.55. The third kappa shape index (κ3) is 7.88. The molecule has 0 saturated heterocycles. The molecule has 0 saturated carbocycles. The van der Waals surface area contributed by atoms with Crippen molar-refractivity contribution in [2.45, 2.75) is 71.8 Å². The second-order valence-electron chi connectivity index (χ2n) is 8.72. The number of aromatic carboxylic acids is 1. The highest BCUT2D eigenvalue weighted by molar-refractivity contribution is 5.89. The summed E-state index contributed by atoms with van der Waals surface area (Å²) < 4.78 is 6.16. The molecule has 0 bridgehead atoms. The molecule has 1 aliphatic heterocycles. The van der Waals surface area contributed by atoms with Crippen LogP contribution in [0.2, 0.25) is 0 Å². The Bertz CT molecular complexity index is 964. The average molecular weight is 439 g/mol. The first-order valence-electron chi connectivity index (χ1n) is 11.1. The third-order valence-corrected chi connectivity index (χ3v) is 5.71. The van der Waals surface area contributed by atoms with Crippen molar-refractivity contribution in [3.05, 3.63) is 70.3 Å². The second-order valence-corrected chi connectivity index (χ2v) is 8.72. The van der Waals surface area contributed by atoms with E-state index in [1.54, 1.807) is 31.2 Å². The zero-order valence-corrected chi connectivity index (χ0v) is 19.5. The number of allylic oxidation sites excluding steroid dienone is 5. The molecule has 0 radical (unpaired) electrons. The Kier molecular flexibility index (Phi) is 9.06. The standard InChI is InChI=1S/C27H34O5/c1-19(10-6-12-21(3)25(28)29)8-5-9-20(2)11-7-16-27(4)17-15-22-18-23(26(30)31)13-14-24(22)32-27/h8,11-15,17-18H,5-7,9-10,16H2,1-4H3,(H,28,29)(H,30,31)/b19-8+,20-11+,21-12+. The summed E-state index contributed by atoms with van der Waals surface area (Å²) in [4.78, 5) is 21.9. The van der Waals surface area contributed by atoms with Gasteiger partial charge in [-0.3, -0.25) is 0 Å². The summed E-state index contributed by atoms with van der Waals surface area (Å²) in [6.45, 7) is 7.91. The summed E-state index contributed by atoms with van der Waals surface area (Å²) in [5.74, 6) is -1.08. The number of fused-ring (bicyclic) bond motifs is 1. The highest BCUT2D eigenvalue weighted by Crippen LogP contribution is 2.34. The second kappa shape index (κ2) is 11.5. The van der Waals surface area contributed by atoms with Crippen LogP contribution >= 0.6 is 0 Å². The number of rotatable bonds is 11. The molecule has 1 aromatic carbocycles. The smallest absolute Gasteiger partial charge is 0.335 e. The summed E-state index contributed by atoms with van der Waals surface area (Å²) >= 11 is 0. The molecule has 2 rings (SSSR count). The zero-order chi connectivity index (χ0) is 23.7. The van der Waals surface area contributed by atoms with Crippen molar-refractivity contribution in [1.82, 2.24) is 0 Å². The number of carboxylic acid groups (broad SMARTS) is 2. The van der Waals surface area contributed by atoms with Gasteiger partial charge in [-0.25, -0.2) is 9.59 Å². The lowest BCUT2D eigenvalue weighted by Gasteiger charge is -2.31. The Hall–Kier alpha value is -3.08. The van der Waals surface area contributed by atoms with E-state index in [9.17, 15) is 9.59 Å². The highest BCUT2D eigenvalue weighted by Gasteiger charge is 2.27. The Morgan fingerprint density at radius 3 is 2.22 bits per heavy atom. The number of benzene rings is 1. The first-order chi connectivity index (χ1) is 15.1. The van der Waals surface area contributed by atoms with Crippen molar-refractivity contribution in [2.24, 2.45) is 0 Å². The Balaban J connectivity index is 1.79. The summed E-state index contributed by atoms with van der Waals surface area (Å²) in [7, 11) is 0. The lowest BCUT2D eigenvalue weighted by atomic mass is 9.94. The normalized spacial score (nSPS) is 18.8. The molecule has 32 heavy (non-hydrogen) atoms.